The van der Waals surface area contributed by atoms with Crippen LogP contribution >= 0.6 is 0 Å². The van der Waals surface area contributed by atoms with Gasteiger partial charge in [0.2, 0.25) is 0 Å². The molecule has 0 radical (unpaired) electrons. The third-order valence-electron chi connectivity index (χ3n) is 7.28. The zero-order valence-corrected chi connectivity index (χ0v) is 19.5. The Morgan fingerprint density at radius 2 is 1.85 bits per heavy atom. The third kappa shape index (κ3) is 4.19. The lowest BCUT2D eigenvalue weighted by atomic mass is 9.74. The van der Waals surface area contributed by atoms with Crippen LogP contribution in [-0.2, 0) is 0 Å². The average molecular weight is 458 g/mol. The van der Waals surface area contributed by atoms with E-state index in [9.17, 15) is 9.90 Å². The van der Waals surface area contributed by atoms with Crippen molar-refractivity contribution in [1.29, 1.82) is 0 Å². The minimum Gasteiger partial charge on any atom is -0.496 e. The van der Waals surface area contributed by atoms with Crippen molar-refractivity contribution in [2.24, 2.45) is 0 Å². The molecule has 3 atom stereocenters. The van der Waals surface area contributed by atoms with Crippen LogP contribution in [0.3, 0.4) is 0 Å². The van der Waals surface area contributed by atoms with E-state index in [4.69, 9.17) is 4.74 Å². The van der Waals surface area contributed by atoms with E-state index in [0.717, 1.165) is 42.8 Å². The Balaban J connectivity index is 1.40. The first kappa shape index (κ1) is 22.6. The van der Waals surface area contributed by atoms with Crippen LogP contribution < -0.4 is 4.74 Å². The molecule has 2 saturated heterocycles. The van der Waals surface area contributed by atoms with E-state index in [1.54, 1.807) is 25.6 Å². The second-order valence-electron chi connectivity index (χ2n) is 9.10. The van der Waals surface area contributed by atoms with E-state index in [2.05, 4.69) is 40.2 Å². The Bertz CT molecular complexity index is 1120. The fraction of sp³-hybridized carbons (Fsp3) is 0.357. The number of rotatable bonds is 5. The first-order valence-electron chi connectivity index (χ1n) is 12.0. The van der Waals surface area contributed by atoms with Crippen molar-refractivity contribution in [2.45, 2.75) is 30.8 Å². The van der Waals surface area contributed by atoms with Crippen molar-refractivity contribution < 1.29 is 14.6 Å². The van der Waals surface area contributed by atoms with E-state index in [-0.39, 0.29) is 30.5 Å². The van der Waals surface area contributed by atoms with Gasteiger partial charge in [0.1, 0.15) is 5.75 Å². The van der Waals surface area contributed by atoms with Crippen molar-refractivity contribution in [3.63, 3.8) is 0 Å². The number of hydrogen-bond donors (Lipinski definition) is 1. The van der Waals surface area contributed by atoms with Gasteiger partial charge in [0, 0.05) is 49.0 Å². The molecule has 1 N–H and O–H groups in total. The number of aliphatic hydroxyl groups excluding tert-OH is 1. The second-order valence-corrected chi connectivity index (χ2v) is 9.10. The fourth-order valence-electron chi connectivity index (χ4n) is 5.56. The van der Waals surface area contributed by atoms with E-state index < -0.39 is 0 Å². The van der Waals surface area contributed by atoms with Crippen LogP contribution in [0.4, 0.5) is 0 Å². The van der Waals surface area contributed by atoms with Gasteiger partial charge in [-0.1, -0.05) is 42.5 Å². The second kappa shape index (κ2) is 9.95. The number of para-hydroxylation sites is 1. The molecule has 0 aliphatic carbocycles. The number of pyridine rings is 1. The van der Waals surface area contributed by atoms with E-state index in [0.29, 0.717) is 12.1 Å². The number of ether oxygens (including phenoxy) is 1. The van der Waals surface area contributed by atoms with Gasteiger partial charge in [-0.15, -0.1) is 0 Å². The number of hydrogen-bond acceptors (Lipinski definition) is 5. The van der Waals surface area contributed by atoms with Gasteiger partial charge in [-0.2, -0.15) is 0 Å². The van der Waals surface area contributed by atoms with Crippen molar-refractivity contribution >= 4 is 5.91 Å². The van der Waals surface area contributed by atoms with Crippen LogP contribution in [0.25, 0.3) is 11.1 Å². The molecule has 1 aromatic heterocycles. The Kier molecular flexibility index (Phi) is 6.61. The summed E-state index contributed by atoms with van der Waals surface area (Å²) in [6, 6.07) is 20.5. The molecule has 6 nitrogen and oxygen atoms in total. The molecule has 2 aromatic carbocycles. The van der Waals surface area contributed by atoms with Gasteiger partial charge in [0.15, 0.2) is 0 Å². The van der Waals surface area contributed by atoms with Gasteiger partial charge in [-0.25, -0.2) is 0 Å². The molecule has 3 heterocycles. The Labute approximate surface area is 200 Å². The average Bonchev–Trinajstić information content (AvgIpc) is 2.88. The standard InChI is InChI=1S/C28H31N3O3/c1-34-26-9-3-2-8-23(26)20-10-12-21(13-11-20)27-24-18-30(28(33)22-7-6-14-29-17-22)15-4-5-16-31(24)25(27)19-32/h2-3,6-14,17,24-25,27,32H,4-5,15-16,18-19H2,1H3/t24-,25+,27+/m1/s1. The SMILES string of the molecule is COc1ccccc1-c1ccc([C@H]2[C@H]3CN(C(=O)c4cccnc4)CCCCN3[C@H]2CO)cc1. The summed E-state index contributed by atoms with van der Waals surface area (Å²) in [6.45, 7) is 2.48. The van der Waals surface area contributed by atoms with Crippen LogP contribution in [0.1, 0.15) is 34.7 Å². The largest absolute Gasteiger partial charge is 0.496 e. The summed E-state index contributed by atoms with van der Waals surface area (Å²) in [4.78, 5) is 21.7. The molecule has 0 saturated carbocycles. The molecule has 0 bridgehead atoms. The molecular formula is C28H31N3O3. The molecule has 2 aliphatic rings. The highest BCUT2D eigenvalue weighted by Crippen LogP contribution is 2.42. The summed E-state index contributed by atoms with van der Waals surface area (Å²) in [5.74, 6) is 1.06. The van der Waals surface area contributed by atoms with Crippen molar-refractivity contribution in [2.75, 3.05) is 33.4 Å². The lowest BCUT2D eigenvalue weighted by Crippen LogP contribution is -2.67. The number of aliphatic hydroxyl groups is 1. The summed E-state index contributed by atoms with van der Waals surface area (Å²) >= 11 is 0. The highest BCUT2D eigenvalue weighted by atomic mass is 16.5. The predicted molar refractivity (Wildman–Crippen MR) is 132 cm³/mol. The number of amides is 1. The molecular weight excluding hydrogens is 426 g/mol. The summed E-state index contributed by atoms with van der Waals surface area (Å²) in [5, 5.41) is 10.2. The maximum absolute atomic E-state index is 13.2. The van der Waals surface area contributed by atoms with E-state index in [1.807, 2.05) is 29.2 Å². The minimum atomic E-state index is 0.0349. The van der Waals surface area contributed by atoms with Crippen molar-refractivity contribution in [1.82, 2.24) is 14.8 Å². The summed E-state index contributed by atoms with van der Waals surface area (Å²) < 4.78 is 5.53. The smallest absolute Gasteiger partial charge is 0.255 e. The van der Waals surface area contributed by atoms with Crippen LogP contribution in [0.5, 0.6) is 5.75 Å². The molecule has 2 aliphatic heterocycles. The monoisotopic (exact) mass is 457 g/mol. The molecule has 6 heteroatoms. The summed E-state index contributed by atoms with van der Waals surface area (Å²) in [6.07, 6.45) is 5.31. The lowest BCUT2D eigenvalue weighted by Gasteiger charge is -2.57. The first-order chi connectivity index (χ1) is 16.7. The number of fused-ring (bicyclic) bond motifs is 1. The Morgan fingerprint density at radius 3 is 2.59 bits per heavy atom. The van der Waals surface area contributed by atoms with Gasteiger partial charge >= 0.3 is 0 Å². The normalized spacial score (nSPS) is 22.8. The number of aromatic nitrogens is 1. The van der Waals surface area contributed by atoms with Crippen LogP contribution in [0.2, 0.25) is 0 Å². The highest BCUT2D eigenvalue weighted by molar-refractivity contribution is 5.93. The third-order valence-corrected chi connectivity index (χ3v) is 7.28. The lowest BCUT2D eigenvalue weighted by molar-refractivity contribution is -0.0606. The van der Waals surface area contributed by atoms with Crippen molar-refractivity contribution in [3.8, 4) is 16.9 Å². The molecule has 0 spiro atoms. The van der Waals surface area contributed by atoms with E-state index in [1.165, 1.54) is 5.56 Å². The van der Waals surface area contributed by atoms with Crippen LogP contribution in [0.15, 0.2) is 73.1 Å². The zero-order chi connectivity index (χ0) is 23.5. The zero-order valence-electron chi connectivity index (χ0n) is 19.5. The first-order valence-corrected chi connectivity index (χ1v) is 12.0. The molecule has 3 aromatic rings. The quantitative estimate of drug-likeness (QED) is 0.631. The molecule has 1 amide bonds. The van der Waals surface area contributed by atoms with Crippen LogP contribution in [0, 0.1) is 0 Å². The predicted octanol–water partition coefficient (Wildman–Crippen LogP) is 3.82. The highest BCUT2D eigenvalue weighted by Gasteiger charge is 2.49. The molecule has 34 heavy (non-hydrogen) atoms. The molecule has 0 unspecified atom stereocenters. The number of nitrogens with zero attached hydrogens (tertiary/aromatic N) is 3. The van der Waals surface area contributed by atoms with Gasteiger partial charge in [-0.3, -0.25) is 14.7 Å². The topological polar surface area (TPSA) is 65.9 Å². The maximum Gasteiger partial charge on any atom is 0.255 e. The van der Waals surface area contributed by atoms with Gasteiger partial charge in [0.05, 0.1) is 19.3 Å². The van der Waals surface area contributed by atoms with Gasteiger partial charge < -0.3 is 14.7 Å². The van der Waals surface area contributed by atoms with E-state index >= 15 is 0 Å². The minimum absolute atomic E-state index is 0.0349. The molecule has 2 fully saturated rings. The fourth-order valence-corrected chi connectivity index (χ4v) is 5.56. The maximum atomic E-state index is 13.2. The number of carbonyl (C=O) groups excluding carboxylic acids is 1. The van der Waals surface area contributed by atoms with Gasteiger partial charge in [-0.05, 0) is 48.7 Å². The summed E-state index contributed by atoms with van der Waals surface area (Å²) in [5.41, 5.74) is 3.99. The molecule has 176 valence electrons. The van der Waals surface area contributed by atoms with Crippen molar-refractivity contribution in [3.05, 3.63) is 84.2 Å². The Morgan fingerprint density at radius 1 is 1.06 bits per heavy atom. The number of benzene rings is 2. The number of methoxy groups -OCH3 is 1. The number of carbonyl (C=O) groups is 1. The molecule has 5 rings (SSSR count). The summed E-state index contributed by atoms with van der Waals surface area (Å²) in [7, 11) is 1.69. The van der Waals surface area contributed by atoms with Gasteiger partial charge in [0.25, 0.3) is 5.91 Å². The van der Waals surface area contributed by atoms with Crippen LogP contribution in [-0.4, -0.2) is 71.2 Å². The Hall–Kier alpha value is -3.22.